The standard InChI is InChI=1S/C38H30N2O2/c1-38(2)25-42-37(41)40(38)36-35-30(23-24-39-36)31(26-15-7-3-8-16-26)32(27-17-9-4-10-18-27)33(28-19-11-5-12-20-28)34(35)29-21-13-6-14-22-29/h3-24H,25H2,1-2H3. The summed E-state index contributed by atoms with van der Waals surface area (Å²) in [6, 6.07) is 44.2. The highest BCUT2D eigenvalue weighted by molar-refractivity contribution is 6.22. The molecule has 0 saturated carbocycles. The fourth-order valence-corrected chi connectivity index (χ4v) is 6.16. The minimum absolute atomic E-state index is 0.295. The summed E-state index contributed by atoms with van der Waals surface area (Å²) in [4.78, 5) is 20.0. The normalized spacial score (nSPS) is 14.2. The van der Waals surface area contributed by atoms with Crippen LogP contribution in [-0.4, -0.2) is 23.2 Å². The van der Waals surface area contributed by atoms with Gasteiger partial charge in [0, 0.05) is 17.1 Å². The number of nitrogens with zero attached hydrogens (tertiary/aromatic N) is 2. The summed E-state index contributed by atoms with van der Waals surface area (Å²) in [5.74, 6) is 0.604. The fourth-order valence-electron chi connectivity index (χ4n) is 6.16. The molecule has 0 unspecified atom stereocenters. The quantitative estimate of drug-likeness (QED) is 0.216. The zero-order chi connectivity index (χ0) is 28.7. The Morgan fingerprint density at radius 3 is 1.48 bits per heavy atom. The molecule has 0 spiro atoms. The monoisotopic (exact) mass is 546 g/mol. The van der Waals surface area contributed by atoms with Crippen LogP contribution < -0.4 is 4.90 Å². The minimum Gasteiger partial charge on any atom is -0.447 e. The summed E-state index contributed by atoms with van der Waals surface area (Å²) in [7, 11) is 0. The lowest BCUT2D eigenvalue weighted by Crippen LogP contribution is -2.42. The first kappa shape index (κ1) is 25.7. The minimum atomic E-state index is -0.565. The predicted molar refractivity (Wildman–Crippen MR) is 171 cm³/mol. The summed E-state index contributed by atoms with van der Waals surface area (Å²) < 4.78 is 5.60. The summed E-state index contributed by atoms with van der Waals surface area (Å²) in [6.45, 7) is 4.34. The highest BCUT2D eigenvalue weighted by Gasteiger charge is 2.43. The summed E-state index contributed by atoms with van der Waals surface area (Å²) in [5, 5.41) is 1.95. The van der Waals surface area contributed by atoms with Gasteiger partial charge in [0.15, 0.2) is 0 Å². The van der Waals surface area contributed by atoms with Crippen LogP contribution in [0.1, 0.15) is 13.8 Å². The van der Waals surface area contributed by atoms with Crippen molar-refractivity contribution in [3.8, 4) is 44.5 Å². The number of amides is 1. The second-order valence-corrected chi connectivity index (χ2v) is 11.2. The van der Waals surface area contributed by atoms with Crippen molar-refractivity contribution in [3.63, 3.8) is 0 Å². The van der Waals surface area contributed by atoms with Crippen molar-refractivity contribution in [2.75, 3.05) is 11.5 Å². The van der Waals surface area contributed by atoms with E-state index in [1.165, 1.54) is 0 Å². The van der Waals surface area contributed by atoms with Crippen LogP contribution in [0.15, 0.2) is 134 Å². The van der Waals surface area contributed by atoms with Gasteiger partial charge in [0.25, 0.3) is 0 Å². The van der Waals surface area contributed by atoms with Crippen LogP contribution in [0.2, 0.25) is 0 Å². The number of carbonyl (C=O) groups is 1. The number of rotatable bonds is 5. The smallest absolute Gasteiger partial charge is 0.416 e. The Morgan fingerprint density at radius 1 is 0.595 bits per heavy atom. The van der Waals surface area contributed by atoms with E-state index in [-0.39, 0.29) is 6.09 Å². The van der Waals surface area contributed by atoms with Crippen LogP contribution in [0, 0.1) is 0 Å². The van der Waals surface area contributed by atoms with Gasteiger partial charge < -0.3 is 4.74 Å². The molecule has 1 aromatic heterocycles. The fraction of sp³-hybridized carbons (Fsp3) is 0.105. The molecule has 4 nitrogen and oxygen atoms in total. The molecule has 4 heteroatoms. The number of benzene rings is 5. The molecule has 1 amide bonds. The van der Waals surface area contributed by atoms with Crippen molar-refractivity contribution in [1.29, 1.82) is 0 Å². The van der Waals surface area contributed by atoms with E-state index in [1.54, 1.807) is 4.90 Å². The predicted octanol–water partition coefficient (Wildman–Crippen LogP) is 9.64. The van der Waals surface area contributed by atoms with Gasteiger partial charge >= 0.3 is 6.09 Å². The highest BCUT2D eigenvalue weighted by atomic mass is 16.6. The van der Waals surface area contributed by atoms with E-state index < -0.39 is 5.54 Å². The molecular formula is C38H30N2O2. The Kier molecular flexibility index (Phi) is 6.32. The molecule has 5 aromatic carbocycles. The second kappa shape index (κ2) is 10.3. The van der Waals surface area contributed by atoms with Crippen LogP contribution >= 0.6 is 0 Å². The Morgan fingerprint density at radius 2 is 1.02 bits per heavy atom. The largest absolute Gasteiger partial charge is 0.447 e. The topological polar surface area (TPSA) is 42.4 Å². The number of hydrogen-bond acceptors (Lipinski definition) is 3. The van der Waals surface area contributed by atoms with E-state index in [4.69, 9.17) is 9.72 Å². The molecule has 7 rings (SSSR count). The molecule has 1 aliphatic heterocycles. The van der Waals surface area contributed by atoms with Gasteiger partial charge in [-0.2, -0.15) is 0 Å². The first-order valence-electron chi connectivity index (χ1n) is 14.2. The lowest BCUT2D eigenvalue weighted by atomic mass is 9.79. The first-order valence-corrected chi connectivity index (χ1v) is 14.2. The lowest BCUT2D eigenvalue weighted by molar-refractivity contribution is 0.175. The molecule has 1 saturated heterocycles. The Bertz CT molecular complexity index is 1900. The molecule has 6 aromatic rings. The third-order valence-corrected chi connectivity index (χ3v) is 8.00. The number of hydrogen-bond donors (Lipinski definition) is 0. The van der Waals surface area contributed by atoms with Crippen molar-refractivity contribution in [3.05, 3.63) is 134 Å². The third kappa shape index (κ3) is 4.24. The Labute approximate surface area is 245 Å². The molecule has 2 heterocycles. The molecule has 42 heavy (non-hydrogen) atoms. The maximum atomic E-state index is 13.3. The molecule has 204 valence electrons. The maximum absolute atomic E-state index is 13.3. The maximum Gasteiger partial charge on any atom is 0.416 e. The zero-order valence-corrected chi connectivity index (χ0v) is 23.6. The van der Waals surface area contributed by atoms with E-state index in [0.29, 0.717) is 12.4 Å². The summed E-state index contributed by atoms with van der Waals surface area (Å²) in [6.07, 6.45) is 1.44. The molecule has 0 radical (unpaired) electrons. The van der Waals surface area contributed by atoms with Gasteiger partial charge in [-0.3, -0.25) is 4.90 Å². The van der Waals surface area contributed by atoms with Gasteiger partial charge in [-0.05, 0) is 64.2 Å². The van der Waals surface area contributed by atoms with E-state index >= 15 is 0 Å². The van der Waals surface area contributed by atoms with Crippen LogP contribution in [0.3, 0.4) is 0 Å². The van der Waals surface area contributed by atoms with E-state index in [2.05, 4.69) is 109 Å². The number of fused-ring (bicyclic) bond motifs is 1. The van der Waals surface area contributed by atoms with Crippen molar-refractivity contribution in [1.82, 2.24) is 4.98 Å². The van der Waals surface area contributed by atoms with Gasteiger partial charge in [-0.1, -0.05) is 121 Å². The molecular weight excluding hydrogens is 516 g/mol. The number of ether oxygens (including phenoxy) is 1. The van der Waals surface area contributed by atoms with Crippen molar-refractivity contribution in [2.45, 2.75) is 19.4 Å². The molecule has 0 N–H and O–H groups in total. The van der Waals surface area contributed by atoms with Crippen LogP contribution in [0.25, 0.3) is 55.3 Å². The van der Waals surface area contributed by atoms with Crippen LogP contribution in [0.5, 0.6) is 0 Å². The van der Waals surface area contributed by atoms with Crippen molar-refractivity contribution >= 4 is 22.7 Å². The average Bonchev–Trinajstić information content (AvgIpc) is 3.32. The highest BCUT2D eigenvalue weighted by Crippen LogP contribution is 2.53. The molecule has 0 atom stereocenters. The van der Waals surface area contributed by atoms with E-state index in [9.17, 15) is 4.79 Å². The number of pyridine rings is 1. The van der Waals surface area contributed by atoms with Gasteiger partial charge in [-0.15, -0.1) is 0 Å². The van der Waals surface area contributed by atoms with E-state index in [0.717, 1.165) is 55.3 Å². The van der Waals surface area contributed by atoms with Gasteiger partial charge in [0.1, 0.15) is 12.4 Å². The molecule has 0 bridgehead atoms. The summed E-state index contributed by atoms with van der Waals surface area (Å²) >= 11 is 0. The van der Waals surface area contributed by atoms with Crippen LogP contribution in [-0.2, 0) is 4.74 Å². The Hall–Kier alpha value is -5.22. The molecule has 0 aliphatic carbocycles. The lowest BCUT2D eigenvalue weighted by Gasteiger charge is -2.30. The van der Waals surface area contributed by atoms with E-state index in [1.807, 2.05) is 38.2 Å². The zero-order valence-electron chi connectivity index (χ0n) is 23.6. The van der Waals surface area contributed by atoms with Gasteiger partial charge in [0.05, 0.1) is 5.54 Å². The van der Waals surface area contributed by atoms with Crippen molar-refractivity contribution in [2.24, 2.45) is 0 Å². The third-order valence-electron chi connectivity index (χ3n) is 8.00. The first-order chi connectivity index (χ1) is 20.5. The summed E-state index contributed by atoms with van der Waals surface area (Å²) in [5.41, 5.74) is 8.17. The number of anilines is 1. The van der Waals surface area contributed by atoms with Gasteiger partial charge in [-0.25, -0.2) is 9.78 Å². The number of cyclic esters (lactones) is 1. The Balaban J connectivity index is 1.77. The SMILES string of the molecule is CC1(C)COC(=O)N1c1nccc2c(-c3ccccc3)c(-c3ccccc3)c(-c3ccccc3)c(-c3ccccc3)c12. The number of carbonyl (C=O) groups excluding carboxylic acids is 1. The van der Waals surface area contributed by atoms with Gasteiger partial charge in [0.2, 0.25) is 0 Å². The van der Waals surface area contributed by atoms with Crippen molar-refractivity contribution < 1.29 is 9.53 Å². The number of aromatic nitrogens is 1. The molecule has 1 fully saturated rings. The molecule has 1 aliphatic rings. The van der Waals surface area contributed by atoms with Crippen LogP contribution in [0.4, 0.5) is 10.6 Å². The second-order valence-electron chi connectivity index (χ2n) is 11.2. The average molecular weight is 547 g/mol.